The Morgan fingerprint density at radius 3 is 2.43 bits per heavy atom. The van der Waals surface area contributed by atoms with Gasteiger partial charge in [0.1, 0.15) is 10.6 Å². The van der Waals surface area contributed by atoms with Crippen molar-refractivity contribution >= 4 is 15.9 Å². The normalized spacial score (nSPS) is 14.6. The molecule has 0 saturated carbocycles. The number of methoxy groups -OCH3 is 1. The van der Waals surface area contributed by atoms with E-state index in [9.17, 15) is 13.2 Å². The van der Waals surface area contributed by atoms with Crippen LogP contribution >= 0.6 is 0 Å². The van der Waals surface area contributed by atoms with Crippen molar-refractivity contribution in [3.05, 3.63) is 71.0 Å². The van der Waals surface area contributed by atoms with Gasteiger partial charge >= 0.3 is 0 Å². The lowest BCUT2D eigenvalue weighted by molar-refractivity contribution is 0.0729. The third kappa shape index (κ3) is 5.55. The van der Waals surface area contributed by atoms with Crippen molar-refractivity contribution in [2.75, 3.05) is 40.0 Å². The van der Waals surface area contributed by atoms with Gasteiger partial charge in [-0.05, 0) is 62.2 Å². The first-order valence-corrected chi connectivity index (χ1v) is 12.9. The largest absolute Gasteiger partial charge is 0.495 e. The average molecular weight is 499 g/mol. The topological polar surface area (TPSA) is 103 Å². The van der Waals surface area contributed by atoms with Crippen molar-refractivity contribution in [3.8, 4) is 11.4 Å². The molecule has 0 aliphatic carbocycles. The van der Waals surface area contributed by atoms with Gasteiger partial charge < -0.3 is 14.8 Å². The minimum absolute atomic E-state index is 0.0192. The molecule has 2 heterocycles. The molecule has 0 bridgehead atoms. The van der Waals surface area contributed by atoms with Crippen LogP contribution < -0.4 is 10.1 Å². The van der Waals surface area contributed by atoms with E-state index in [0.29, 0.717) is 26.2 Å². The van der Waals surface area contributed by atoms with E-state index in [2.05, 4.69) is 10.4 Å². The minimum atomic E-state index is -3.81. The molecule has 1 saturated heterocycles. The molecule has 186 valence electrons. The van der Waals surface area contributed by atoms with Gasteiger partial charge in [-0.1, -0.05) is 12.1 Å². The second-order valence-electron chi connectivity index (χ2n) is 8.39. The summed E-state index contributed by atoms with van der Waals surface area (Å²) in [5.41, 5.74) is 4.35. The molecule has 0 spiro atoms. The molecule has 1 aliphatic heterocycles. The lowest BCUT2D eigenvalue weighted by atomic mass is 10.1. The van der Waals surface area contributed by atoms with Crippen molar-refractivity contribution in [3.63, 3.8) is 0 Å². The van der Waals surface area contributed by atoms with Gasteiger partial charge in [-0.2, -0.15) is 9.40 Å². The maximum absolute atomic E-state index is 13.1. The summed E-state index contributed by atoms with van der Waals surface area (Å²) in [5, 5.41) is 7.37. The number of carbonyl (C=O) groups is 1. The van der Waals surface area contributed by atoms with E-state index >= 15 is 0 Å². The maximum atomic E-state index is 13.1. The van der Waals surface area contributed by atoms with Crippen LogP contribution in [0.3, 0.4) is 0 Å². The van der Waals surface area contributed by atoms with Gasteiger partial charge in [-0.25, -0.2) is 13.1 Å². The number of aryl methyl sites for hydroxylation is 2. The van der Waals surface area contributed by atoms with E-state index in [4.69, 9.17) is 9.47 Å². The van der Waals surface area contributed by atoms with E-state index in [-0.39, 0.29) is 35.2 Å². The van der Waals surface area contributed by atoms with Crippen LogP contribution in [0.4, 0.5) is 0 Å². The van der Waals surface area contributed by atoms with E-state index in [1.165, 1.54) is 23.5 Å². The summed E-state index contributed by atoms with van der Waals surface area (Å²) < 4.78 is 40.1. The molecule has 1 amide bonds. The fourth-order valence-electron chi connectivity index (χ4n) is 4.06. The van der Waals surface area contributed by atoms with Crippen LogP contribution in [-0.2, 0) is 21.2 Å². The molecule has 1 N–H and O–H groups in total. The van der Waals surface area contributed by atoms with Gasteiger partial charge in [0.15, 0.2) is 0 Å². The molecule has 9 nitrogen and oxygen atoms in total. The van der Waals surface area contributed by atoms with Crippen molar-refractivity contribution in [2.45, 2.75) is 25.2 Å². The Bertz CT molecular complexity index is 1300. The maximum Gasteiger partial charge on any atom is 0.251 e. The van der Waals surface area contributed by atoms with Gasteiger partial charge in [0.05, 0.1) is 31.7 Å². The number of rotatable bonds is 8. The summed E-state index contributed by atoms with van der Waals surface area (Å²) in [4.78, 5) is 12.8. The second-order valence-corrected chi connectivity index (χ2v) is 10.3. The van der Waals surface area contributed by atoms with Crippen LogP contribution in [0.15, 0.2) is 53.4 Å². The monoisotopic (exact) mass is 498 g/mol. The SMILES string of the molecule is COc1ccc(C(=O)NCCc2ccc(-n3nc(C)cc3C)cc2)cc1S(=O)(=O)N1CCOCC1. The Morgan fingerprint density at radius 1 is 1.09 bits per heavy atom. The molecule has 3 aromatic rings. The molecular formula is C25H30N4O5S. The lowest BCUT2D eigenvalue weighted by Gasteiger charge is -2.26. The highest BCUT2D eigenvalue weighted by Crippen LogP contribution is 2.28. The zero-order valence-corrected chi connectivity index (χ0v) is 21.0. The van der Waals surface area contributed by atoms with Crippen molar-refractivity contribution in [1.82, 2.24) is 19.4 Å². The molecule has 1 aromatic heterocycles. The first-order chi connectivity index (χ1) is 16.8. The standard InChI is InChI=1S/C25H30N4O5S/c1-18-16-19(2)29(27-18)22-7-4-20(5-8-22)10-11-26-25(30)21-6-9-23(33-3)24(17-21)35(31,32)28-12-14-34-15-13-28/h4-9,16-17H,10-15H2,1-3H3,(H,26,30). The number of nitrogens with zero attached hydrogens (tertiary/aromatic N) is 3. The number of sulfonamides is 1. The highest BCUT2D eigenvalue weighted by atomic mass is 32.2. The molecule has 35 heavy (non-hydrogen) atoms. The predicted molar refractivity (Wildman–Crippen MR) is 132 cm³/mol. The van der Waals surface area contributed by atoms with E-state index in [1.807, 2.05) is 48.9 Å². The van der Waals surface area contributed by atoms with Crippen LogP contribution in [-0.4, -0.2) is 68.4 Å². The van der Waals surface area contributed by atoms with Crippen molar-refractivity contribution < 1.29 is 22.7 Å². The number of morpholine rings is 1. The van der Waals surface area contributed by atoms with Crippen LogP contribution in [0.2, 0.25) is 0 Å². The quantitative estimate of drug-likeness (QED) is 0.512. The molecule has 4 rings (SSSR count). The van der Waals surface area contributed by atoms with Gasteiger partial charge in [0.2, 0.25) is 10.0 Å². The fraction of sp³-hybridized carbons (Fsp3) is 0.360. The van der Waals surface area contributed by atoms with Gasteiger partial charge in [0.25, 0.3) is 5.91 Å². The Labute approximate surface area is 205 Å². The third-order valence-electron chi connectivity index (χ3n) is 5.90. The summed E-state index contributed by atoms with van der Waals surface area (Å²) in [7, 11) is -2.40. The number of ether oxygens (including phenoxy) is 2. The zero-order valence-electron chi connectivity index (χ0n) is 20.2. The highest BCUT2D eigenvalue weighted by Gasteiger charge is 2.30. The Hall–Kier alpha value is -3.21. The van der Waals surface area contributed by atoms with Crippen molar-refractivity contribution in [1.29, 1.82) is 0 Å². The summed E-state index contributed by atoms with van der Waals surface area (Å²) in [6.45, 7) is 5.59. The van der Waals surface area contributed by atoms with Gasteiger partial charge in [0, 0.05) is 30.9 Å². The molecule has 10 heteroatoms. The summed E-state index contributed by atoms with van der Waals surface area (Å²) in [6, 6.07) is 14.5. The van der Waals surface area contributed by atoms with E-state index in [0.717, 1.165) is 22.6 Å². The van der Waals surface area contributed by atoms with E-state index in [1.54, 1.807) is 6.07 Å². The van der Waals surface area contributed by atoms with Gasteiger partial charge in [-0.15, -0.1) is 0 Å². The Morgan fingerprint density at radius 2 is 1.80 bits per heavy atom. The highest BCUT2D eigenvalue weighted by molar-refractivity contribution is 7.89. The number of carbonyl (C=O) groups excluding carboxylic acids is 1. The summed E-state index contributed by atoms with van der Waals surface area (Å²) in [5.74, 6) is -0.138. The smallest absolute Gasteiger partial charge is 0.251 e. The van der Waals surface area contributed by atoms with Crippen LogP contribution in [0, 0.1) is 13.8 Å². The molecule has 0 atom stereocenters. The number of benzene rings is 2. The fourth-order valence-corrected chi connectivity index (χ4v) is 5.65. The molecule has 0 radical (unpaired) electrons. The number of hydrogen-bond acceptors (Lipinski definition) is 6. The first-order valence-electron chi connectivity index (χ1n) is 11.5. The zero-order chi connectivity index (χ0) is 25.0. The molecule has 2 aromatic carbocycles. The van der Waals surface area contributed by atoms with Gasteiger partial charge in [-0.3, -0.25) is 4.79 Å². The second kappa shape index (κ2) is 10.6. The van der Waals surface area contributed by atoms with Crippen LogP contribution in [0.1, 0.15) is 27.3 Å². The Balaban J connectivity index is 1.41. The number of nitrogens with one attached hydrogen (secondary N) is 1. The summed E-state index contributed by atoms with van der Waals surface area (Å²) >= 11 is 0. The Kier molecular flexibility index (Phi) is 7.54. The summed E-state index contributed by atoms with van der Waals surface area (Å²) in [6.07, 6.45) is 0.637. The number of amides is 1. The first kappa shape index (κ1) is 24.9. The number of hydrogen-bond donors (Lipinski definition) is 1. The molecular weight excluding hydrogens is 468 g/mol. The average Bonchev–Trinajstić information content (AvgIpc) is 3.22. The minimum Gasteiger partial charge on any atom is -0.495 e. The molecule has 1 fully saturated rings. The molecule has 0 unspecified atom stereocenters. The predicted octanol–water partition coefficient (Wildman–Crippen LogP) is 2.49. The van der Waals surface area contributed by atoms with Crippen LogP contribution in [0.25, 0.3) is 5.69 Å². The van der Waals surface area contributed by atoms with Crippen LogP contribution in [0.5, 0.6) is 5.75 Å². The third-order valence-corrected chi connectivity index (χ3v) is 7.82. The molecule has 1 aliphatic rings. The van der Waals surface area contributed by atoms with E-state index < -0.39 is 10.0 Å². The lowest BCUT2D eigenvalue weighted by Crippen LogP contribution is -2.40. The number of aromatic nitrogens is 2. The van der Waals surface area contributed by atoms with Crippen molar-refractivity contribution in [2.24, 2.45) is 0 Å².